The maximum Gasteiger partial charge on any atom is 0.406 e. The highest BCUT2D eigenvalue weighted by Crippen LogP contribution is 2.34. The van der Waals surface area contributed by atoms with Gasteiger partial charge in [0.1, 0.15) is 12.5 Å². The molecule has 1 aliphatic carbocycles. The van der Waals surface area contributed by atoms with Gasteiger partial charge in [0, 0.05) is 0 Å². The van der Waals surface area contributed by atoms with E-state index in [1.54, 1.807) is 0 Å². The fourth-order valence-electron chi connectivity index (χ4n) is 2.67. The lowest BCUT2D eigenvalue weighted by Gasteiger charge is -2.33. The summed E-state index contributed by atoms with van der Waals surface area (Å²) in [5.41, 5.74) is 0. The van der Waals surface area contributed by atoms with Crippen molar-refractivity contribution in [1.29, 1.82) is 0 Å². The van der Waals surface area contributed by atoms with Gasteiger partial charge in [-0.15, -0.1) is 0 Å². The van der Waals surface area contributed by atoms with Gasteiger partial charge in [0.2, 0.25) is 11.8 Å². The molecule has 1 aliphatic heterocycles. The summed E-state index contributed by atoms with van der Waals surface area (Å²) in [5.74, 6) is -3.24. The average Bonchev–Trinajstić information content (AvgIpc) is 2.76. The minimum absolute atomic E-state index is 0.0877. The predicted octanol–water partition coefficient (Wildman–Crippen LogP) is 1.43. The molecule has 1 unspecified atom stereocenters. The first-order chi connectivity index (χ1) is 8.79. The van der Waals surface area contributed by atoms with Crippen molar-refractivity contribution in [1.82, 2.24) is 10.2 Å². The second-order valence-electron chi connectivity index (χ2n) is 4.86. The van der Waals surface area contributed by atoms with Crippen LogP contribution in [0, 0.1) is 11.8 Å². The molecule has 1 heterocycles. The van der Waals surface area contributed by atoms with Crippen LogP contribution in [0.15, 0.2) is 0 Å². The number of amides is 4. The summed E-state index contributed by atoms with van der Waals surface area (Å²) in [6.07, 6.45) is -1.74. The highest BCUT2D eigenvalue weighted by atomic mass is 19.4. The lowest BCUT2D eigenvalue weighted by atomic mass is 9.87. The number of urea groups is 1. The molecule has 4 amide bonds. The molecule has 1 saturated heterocycles. The van der Waals surface area contributed by atoms with Gasteiger partial charge in [0.15, 0.2) is 0 Å². The summed E-state index contributed by atoms with van der Waals surface area (Å²) in [6.45, 7) is -1.66. The fourth-order valence-corrected chi connectivity index (χ4v) is 2.67. The van der Waals surface area contributed by atoms with Crippen LogP contribution < -0.4 is 5.32 Å². The third-order valence-electron chi connectivity index (χ3n) is 3.50. The number of imide groups is 2. The van der Waals surface area contributed by atoms with Crippen molar-refractivity contribution in [3.63, 3.8) is 0 Å². The van der Waals surface area contributed by atoms with Crippen LogP contribution >= 0.6 is 0 Å². The van der Waals surface area contributed by atoms with E-state index in [0.29, 0.717) is 12.8 Å². The normalized spacial score (nSPS) is 25.9. The fraction of sp³-hybridized carbons (Fsp3) is 0.727. The summed E-state index contributed by atoms with van der Waals surface area (Å²) in [6, 6.07) is -1.29. The summed E-state index contributed by atoms with van der Waals surface area (Å²) in [5, 5.41) is 1.84. The number of carbonyl (C=O) groups excluding carboxylic acids is 3. The summed E-state index contributed by atoms with van der Waals surface area (Å²) in [4.78, 5) is 35.0. The van der Waals surface area contributed by atoms with Crippen molar-refractivity contribution >= 4 is 17.8 Å². The molecule has 1 N–H and O–H groups in total. The van der Waals surface area contributed by atoms with E-state index < -0.39 is 36.5 Å². The molecule has 0 spiro atoms. The number of carbonyl (C=O) groups is 3. The minimum Gasteiger partial charge on any atom is -0.277 e. The van der Waals surface area contributed by atoms with Crippen LogP contribution in [0.1, 0.15) is 25.7 Å². The lowest BCUT2D eigenvalue weighted by molar-refractivity contribution is -0.163. The maximum atomic E-state index is 12.3. The van der Waals surface area contributed by atoms with Crippen molar-refractivity contribution in [3.05, 3.63) is 0 Å². The topological polar surface area (TPSA) is 66.5 Å². The van der Waals surface area contributed by atoms with Crippen molar-refractivity contribution < 1.29 is 27.6 Å². The van der Waals surface area contributed by atoms with E-state index in [0.717, 1.165) is 12.8 Å². The molecule has 2 fully saturated rings. The Morgan fingerprint density at radius 1 is 1.16 bits per heavy atom. The van der Waals surface area contributed by atoms with E-state index in [1.165, 1.54) is 0 Å². The molecular formula is C11H13F3N2O3. The molecule has 0 aromatic rings. The number of alkyl halides is 3. The molecule has 0 radical (unpaired) electrons. The van der Waals surface area contributed by atoms with Crippen molar-refractivity contribution in [2.45, 2.75) is 31.9 Å². The molecule has 5 nitrogen and oxygen atoms in total. The summed E-state index contributed by atoms with van der Waals surface area (Å²) >= 11 is 0. The monoisotopic (exact) mass is 278 g/mol. The molecule has 2 rings (SSSR count). The van der Waals surface area contributed by atoms with Crippen LogP contribution in [-0.4, -0.2) is 35.5 Å². The quantitative estimate of drug-likeness (QED) is 0.777. The number of hydrogen-bond donors (Lipinski definition) is 1. The van der Waals surface area contributed by atoms with E-state index in [4.69, 9.17) is 0 Å². The van der Waals surface area contributed by atoms with Gasteiger partial charge < -0.3 is 0 Å². The first-order valence-corrected chi connectivity index (χ1v) is 6.02. The largest absolute Gasteiger partial charge is 0.406 e. The van der Waals surface area contributed by atoms with Crippen LogP contribution in [0.2, 0.25) is 0 Å². The molecule has 106 valence electrons. The Morgan fingerprint density at radius 2 is 1.74 bits per heavy atom. The van der Waals surface area contributed by atoms with Crippen LogP contribution in [0.4, 0.5) is 18.0 Å². The SMILES string of the molecule is O=C1NC(=O)N(CC(F)(F)F)C(=O)C1C1CCCC1. The molecule has 1 atom stereocenters. The first-order valence-electron chi connectivity index (χ1n) is 6.02. The van der Waals surface area contributed by atoms with E-state index in [2.05, 4.69) is 0 Å². The maximum absolute atomic E-state index is 12.3. The molecule has 0 bridgehead atoms. The zero-order chi connectivity index (χ0) is 14.2. The van der Waals surface area contributed by atoms with E-state index >= 15 is 0 Å². The van der Waals surface area contributed by atoms with E-state index in [9.17, 15) is 27.6 Å². The molecular weight excluding hydrogens is 265 g/mol. The number of rotatable bonds is 2. The second kappa shape index (κ2) is 4.82. The average molecular weight is 278 g/mol. The summed E-state index contributed by atoms with van der Waals surface area (Å²) < 4.78 is 37.0. The summed E-state index contributed by atoms with van der Waals surface area (Å²) in [7, 11) is 0. The molecule has 1 saturated carbocycles. The Hall–Kier alpha value is -1.60. The third kappa shape index (κ3) is 2.87. The van der Waals surface area contributed by atoms with Gasteiger partial charge in [-0.05, 0) is 18.8 Å². The Kier molecular flexibility index (Phi) is 3.51. The number of hydrogen-bond acceptors (Lipinski definition) is 3. The Morgan fingerprint density at radius 3 is 2.26 bits per heavy atom. The van der Waals surface area contributed by atoms with Crippen LogP contribution in [-0.2, 0) is 9.59 Å². The van der Waals surface area contributed by atoms with Gasteiger partial charge in [-0.1, -0.05) is 12.8 Å². The second-order valence-corrected chi connectivity index (χ2v) is 4.86. The van der Waals surface area contributed by atoms with Crippen LogP contribution in [0.25, 0.3) is 0 Å². The number of nitrogens with one attached hydrogen (secondary N) is 1. The Labute approximate surface area is 107 Å². The molecule has 2 aliphatic rings. The Bertz CT molecular complexity index is 416. The number of barbiturate groups is 1. The number of nitrogens with zero attached hydrogens (tertiary/aromatic N) is 1. The van der Waals surface area contributed by atoms with Gasteiger partial charge in [0.05, 0.1) is 0 Å². The lowest BCUT2D eigenvalue weighted by Crippen LogP contribution is -2.61. The third-order valence-corrected chi connectivity index (χ3v) is 3.50. The standard InChI is InChI=1S/C11H13F3N2O3/c12-11(13,14)5-16-9(18)7(6-3-1-2-4-6)8(17)15-10(16)19/h6-7H,1-5H2,(H,15,17,19). The van der Waals surface area contributed by atoms with Crippen molar-refractivity contribution in [2.75, 3.05) is 6.54 Å². The smallest absolute Gasteiger partial charge is 0.277 e. The highest BCUT2D eigenvalue weighted by molar-refractivity contribution is 6.16. The van der Waals surface area contributed by atoms with Gasteiger partial charge in [-0.25, -0.2) is 4.79 Å². The Balaban J connectivity index is 2.18. The minimum atomic E-state index is -4.67. The first kappa shape index (κ1) is 13.8. The number of halogens is 3. The van der Waals surface area contributed by atoms with Crippen molar-refractivity contribution in [2.24, 2.45) is 11.8 Å². The van der Waals surface area contributed by atoms with Gasteiger partial charge in [0.25, 0.3) is 0 Å². The zero-order valence-corrected chi connectivity index (χ0v) is 10.00. The molecule has 0 aromatic carbocycles. The van der Waals surface area contributed by atoms with Gasteiger partial charge >= 0.3 is 12.2 Å². The zero-order valence-electron chi connectivity index (χ0n) is 10.00. The van der Waals surface area contributed by atoms with Gasteiger partial charge in [-0.2, -0.15) is 13.2 Å². The molecule has 19 heavy (non-hydrogen) atoms. The predicted molar refractivity (Wildman–Crippen MR) is 56.8 cm³/mol. The van der Waals surface area contributed by atoms with Crippen LogP contribution in [0.5, 0.6) is 0 Å². The van der Waals surface area contributed by atoms with Gasteiger partial charge in [-0.3, -0.25) is 19.8 Å². The van der Waals surface area contributed by atoms with Crippen molar-refractivity contribution in [3.8, 4) is 0 Å². The molecule has 0 aromatic heterocycles. The van der Waals surface area contributed by atoms with E-state index in [-0.39, 0.29) is 10.8 Å². The highest BCUT2D eigenvalue weighted by Gasteiger charge is 2.48. The van der Waals surface area contributed by atoms with Crippen LogP contribution in [0.3, 0.4) is 0 Å². The molecule has 8 heteroatoms. The van der Waals surface area contributed by atoms with E-state index in [1.807, 2.05) is 5.32 Å².